The van der Waals surface area contributed by atoms with Crippen molar-refractivity contribution in [1.29, 1.82) is 0 Å². The number of hydrogen-bond acceptors (Lipinski definition) is 3. The molecule has 0 radical (unpaired) electrons. The number of aromatic carboxylic acids is 1. The average molecular weight is 385 g/mol. The summed E-state index contributed by atoms with van der Waals surface area (Å²) in [5, 5.41) is 11.8. The van der Waals surface area contributed by atoms with Crippen LogP contribution in [0.2, 0.25) is 0 Å². The minimum absolute atomic E-state index is 0.0618. The summed E-state index contributed by atoms with van der Waals surface area (Å²) >= 11 is 2.02. The number of aryl methyl sites for hydroxylation is 1. The van der Waals surface area contributed by atoms with Crippen LogP contribution in [0.15, 0.2) is 34.9 Å². The average Bonchev–Trinajstić information content (AvgIpc) is 2.89. The first-order chi connectivity index (χ1) is 9.52. The fourth-order valence-electron chi connectivity index (χ4n) is 1.81. The molecule has 0 bridgehead atoms. The van der Waals surface area contributed by atoms with Crippen LogP contribution in [0.25, 0.3) is 0 Å². The Balaban J connectivity index is 2.31. The molecule has 5 nitrogen and oxygen atoms in total. The third-order valence-electron chi connectivity index (χ3n) is 2.77. The Labute approximate surface area is 129 Å². The maximum Gasteiger partial charge on any atom is 0.337 e. The fourth-order valence-corrected chi connectivity index (χ4v) is 2.30. The number of hydrogen-bond donors (Lipinski definition) is 2. The number of anilines is 1. The summed E-state index contributed by atoms with van der Waals surface area (Å²) < 4.78 is 5.98. The number of nitrogens with one attached hydrogen (secondary N) is 1. The lowest BCUT2D eigenvalue weighted by Gasteiger charge is -2.08. The summed E-state index contributed by atoms with van der Waals surface area (Å²) in [7, 11) is 0. The van der Waals surface area contributed by atoms with Crippen molar-refractivity contribution < 1.29 is 19.1 Å². The van der Waals surface area contributed by atoms with E-state index >= 15 is 0 Å². The summed E-state index contributed by atoms with van der Waals surface area (Å²) in [5.41, 5.74) is 0.750. The summed E-state index contributed by atoms with van der Waals surface area (Å²) in [5.74, 6) is -0.883. The van der Waals surface area contributed by atoms with E-state index in [-0.39, 0.29) is 17.2 Å². The highest BCUT2D eigenvalue weighted by Crippen LogP contribution is 2.21. The predicted octanol–water partition coefficient (Wildman–Crippen LogP) is 3.40. The van der Waals surface area contributed by atoms with Gasteiger partial charge in [0.15, 0.2) is 0 Å². The first-order valence-corrected chi connectivity index (χ1v) is 7.01. The van der Waals surface area contributed by atoms with Gasteiger partial charge in [0.25, 0.3) is 5.91 Å². The van der Waals surface area contributed by atoms with Crippen LogP contribution in [-0.2, 0) is 6.42 Å². The minimum Gasteiger partial charge on any atom is -0.478 e. The highest BCUT2D eigenvalue weighted by Gasteiger charge is 2.17. The van der Waals surface area contributed by atoms with Crippen LogP contribution in [0.4, 0.5) is 5.69 Å². The van der Waals surface area contributed by atoms with E-state index in [0.717, 1.165) is 3.57 Å². The van der Waals surface area contributed by atoms with Crippen LogP contribution < -0.4 is 5.32 Å². The molecule has 6 heteroatoms. The number of benzene rings is 1. The molecule has 0 saturated carbocycles. The Morgan fingerprint density at radius 1 is 1.30 bits per heavy atom. The number of furan rings is 1. The normalized spacial score (nSPS) is 10.3. The second-order valence-electron chi connectivity index (χ2n) is 4.06. The first-order valence-electron chi connectivity index (χ1n) is 5.93. The molecule has 0 aliphatic heterocycles. The van der Waals surface area contributed by atoms with Crippen molar-refractivity contribution in [3.05, 3.63) is 51.0 Å². The van der Waals surface area contributed by atoms with Gasteiger partial charge in [-0.1, -0.05) is 6.92 Å². The molecule has 0 aliphatic rings. The van der Waals surface area contributed by atoms with Gasteiger partial charge in [-0.3, -0.25) is 4.79 Å². The van der Waals surface area contributed by atoms with Crippen molar-refractivity contribution >= 4 is 40.2 Å². The molecule has 0 unspecified atom stereocenters. The lowest BCUT2D eigenvalue weighted by molar-refractivity contribution is 0.0698. The molecule has 2 N–H and O–H groups in total. The zero-order valence-corrected chi connectivity index (χ0v) is 12.8. The van der Waals surface area contributed by atoms with E-state index in [4.69, 9.17) is 9.52 Å². The third-order valence-corrected chi connectivity index (χ3v) is 3.44. The predicted molar refractivity (Wildman–Crippen MR) is 82.2 cm³/mol. The molecule has 2 aromatic rings. The highest BCUT2D eigenvalue weighted by molar-refractivity contribution is 14.1. The van der Waals surface area contributed by atoms with Crippen molar-refractivity contribution in [3.8, 4) is 0 Å². The smallest absolute Gasteiger partial charge is 0.337 e. The van der Waals surface area contributed by atoms with Crippen molar-refractivity contribution in [2.24, 2.45) is 0 Å². The summed E-state index contributed by atoms with van der Waals surface area (Å²) in [6, 6.07) is 6.39. The Morgan fingerprint density at radius 3 is 2.70 bits per heavy atom. The fraction of sp³-hybridized carbons (Fsp3) is 0.143. The van der Waals surface area contributed by atoms with Crippen LogP contribution in [0.1, 0.15) is 33.4 Å². The Kier molecular flexibility index (Phi) is 4.43. The van der Waals surface area contributed by atoms with E-state index in [0.29, 0.717) is 17.7 Å². The maximum absolute atomic E-state index is 12.1. The van der Waals surface area contributed by atoms with Gasteiger partial charge in [0.05, 0.1) is 23.1 Å². The molecule has 0 aliphatic carbocycles. The van der Waals surface area contributed by atoms with E-state index < -0.39 is 5.97 Å². The van der Waals surface area contributed by atoms with Crippen LogP contribution >= 0.6 is 22.6 Å². The van der Waals surface area contributed by atoms with Crippen molar-refractivity contribution in [1.82, 2.24) is 0 Å². The van der Waals surface area contributed by atoms with Crippen molar-refractivity contribution in [3.63, 3.8) is 0 Å². The van der Waals surface area contributed by atoms with Crippen LogP contribution in [0.3, 0.4) is 0 Å². The molecule has 0 fully saturated rings. The number of rotatable bonds is 4. The van der Waals surface area contributed by atoms with E-state index in [9.17, 15) is 9.59 Å². The lowest BCUT2D eigenvalue weighted by Crippen LogP contribution is -2.15. The summed E-state index contributed by atoms with van der Waals surface area (Å²) in [4.78, 5) is 23.3. The second kappa shape index (κ2) is 6.08. The van der Waals surface area contributed by atoms with Crippen LogP contribution in [0, 0.1) is 3.57 Å². The molecule has 20 heavy (non-hydrogen) atoms. The van der Waals surface area contributed by atoms with Crippen molar-refractivity contribution in [2.45, 2.75) is 13.3 Å². The number of carbonyl (C=O) groups excluding carboxylic acids is 1. The van der Waals surface area contributed by atoms with Gasteiger partial charge in [-0.2, -0.15) is 0 Å². The zero-order chi connectivity index (χ0) is 14.7. The zero-order valence-electron chi connectivity index (χ0n) is 10.6. The molecule has 0 spiro atoms. The van der Waals surface area contributed by atoms with Gasteiger partial charge in [0.1, 0.15) is 5.76 Å². The van der Waals surface area contributed by atoms with Gasteiger partial charge >= 0.3 is 5.97 Å². The standard InChI is InChI=1S/C14H12INO4/c1-2-12-9(5-6-20-12)13(17)16-11-4-3-8(15)7-10(11)14(18)19/h3-7H,2H2,1H3,(H,16,17)(H,18,19). The first kappa shape index (κ1) is 14.6. The molecular weight excluding hydrogens is 373 g/mol. The Morgan fingerprint density at radius 2 is 2.05 bits per heavy atom. The van der Waals surface area contributed by atoms with Gasteiger partial charge in [0.2, 0.25) is 0 Å². The third kappa shape index (κ3) is 3.01. The number of amides is 1. The molecule has 0 saturated heterocycles. The van der Waals surface area contributed by atoms with Gasteiger partial charge in [-0.15, -0.1) is 0 Å². The van der Waals surface area contributed by atoms with Gasteiger partial charge < -0.3 is 14.8 Å². The van der Waals surface area contributed by atoms with Gasteiger partial charge in [-0.25, -0.2) is 4.79 Å². The highest BCUT2D eigenvalue weighted by atomic mass is 127. The number of carboxylic acids is 1. The van der Waals surface area contributed by atoms with Crippen LogP contribution in [0.5, 0.6) is 0 Å². The van der Waals surface area contributed by atoms with Crippen LogP contribution in [-0.4, -0.2) is 17.0 Å². The molecule has 1 aromatic heterocycles. The lowest BCUT2D eigenvalue weighted by atomic mass is 10.1. The quantitative estimate of drug-likeness (QED) is 0.791. The second-order valence-corrected chi connectivity index (χ2v) is 5.31. The van der Waals surface area contributed by atoms with Crippen molar-refractivity contribution in [2.75, 3.05) is 5.32 Å². The molecule has 1 aromatic carbocycles. The Hall–Kier alpha value is -1.83. The molecular formula is C14H12INO4. The summed E-state index contributed by atoms with van der Waals surface area (Å²) in [6.07, 6.45) is 2.04. The number of carbonyl (C=O) groups is 2. The Bertz CT molecular complexity index is 663. The maximum atomic E-state index is 12.1. The van der Waals surface area contributed by atoms with E-state index in [2.05, 4.69) is 5.32 Å². The molecule has 2 rings (SSSR count). The minimum atomic E-state index is -1.08. The topological polar surface area (TPSA) is 79.5 Å². The SMILES string of the molecule is CCc1occc1C(=O)Nc1ccc(I)cc1C(=O)O. The van der Waals surface area contributed by atoms with E-state index in [1.165, 1.54) is 12.3 Å². The van der Waals surface area contributed by atoms with Gasteiger partial charge in [-0.05, 0) is 46.9 Å². The number of carboxylic acid groups (broad SMARTS) is 1. The monoisotopic (exact) mass is 385 g/mol. The largest absolute Gasteiger partial charge is 0.478 e. The van der Waals surface area contributed by atoms with Gasteiger partial charge in [0, 0.05) is 9.99 Å². The van der Waals surface area contributed by atoms with E-state index in [1.54, 1.807) is 18.2 Å². The molecule has 0 atom stereocenters. The number of halogens is 1. The molecule has 1 heterocycles. The van der Waals surface area contributed by atoms with E-state index in [1.807, 2.05) is 29.5 Å². The molecule has 104 valence electrons. The summed E-state index contributed by atoms with van der Waals surface area (Å²) in [6.45, 7) is 1.88. The molecule has 1 amide bonds.